The molecule has 1 heterocycles. The highest BCUT2D eigenvalue weighted by atomic mass is 35.5. The van der Waals surface area contributed by atoms with E-state index in [1.54, 1.807) is 12.1 Å². The number of hydrogen-bond acceptors (Lipinski definition) is 3. The zero-order chi connectivity index (χ0) is 17.2. The topological polar surface area (TPSA) is 33.3 Å². The molecule has 1 fully saturated rings. The van der Waals surface area contributed by atoms with Crippen molar-refractivity contribution >= 4 is 36.5 Å². The molecule has 0 atom stereocenters. The molecule has 1 aliphatic rings. The Balaban J connectivity index is 1.66. The molecule has 0 amide bonds. The summed E-state index contributed by atoms with van der Waals surface area (Å²) >= 11 is 5.81. The van der Waals surface area contributed by atoms with Crippen LogP contribution in [-0.4, -0.2) is 27.6 Å². The normalized spacial score (nSPS) is 15.6. The van der Waals surface area contributed by atoms with Gasteiger partial charge in [0, 0.05) is 29.0 Å². The zero-order valence-electron chi connectivity index (χ0n) is 13.5. The maximum Gasteiger partial charge on any atom is 0.141 e. The number of aryl methyl sites for hydroxylation is 1. The maximum atomic E-state index is 13.2. The molecule has 0 unspecified atom stereocenters. The third-order valence-corrected chi connectivity index (χ3v) is 4.63. The van der Waals surface area contributed by atoms with Gasteiger partial charge in [-0.05, 0) is 48.9 Å². The molecule has 2 aromatic rings. The Morgan fingerprint density at radius 1 is 1.21 bits per heavy atom. The molecule has 6 heteroatoms. The van der Waals surface area contributed by atoms with Crippen molar-refractivity contribution in [2.24, 2.45) is 5.41 Å². The lowest BCUT2D eigenvalue weighted by molar-refractivity contribution is -0.0918. The first-order chi connectivity index (χ1) is 11.5. The lowest BCUT2D eigenvalue weighted by atomic mass is 9.74. The van der Waals surface area contributed by atoms with Crippen molar-refractivity contribution in [3.8, 4) is 0 Å². The molecule has 24 heavy (non-hydrogen) atoms. The molecule has 0 aromatic heterocycles. The van der Waals surface area contributed by atoms with Crippen LogP contribution in [0.3, 0.4) is 0 Å². The molecule has 1 aliphatic heterocycles. The van der Waals surface area contributed by atoms with Crippen LogP contribution in [0, 0.1) is 18.2 Å². The van der Waals surface area contributed by atoms with Crippen LogP contribution in [0.1, 0.15) is 5.56 Å². The Labute approximate surface area is 148 Å². The summed E-state index contributed by atoms with van der Waals surface area (Å²) in [6.45, 7) is 4.25. The predicted molar refractivity (Wildman–Crippen MR) is 98.2 cm³/mol. The molecule has 0 aliphatic carbocycles. The first-order valence-electron chi connectivity index (χ1n) is 7.86. The molecule has 1 saturated heterocycles. The molecule has 3 nitrogen and oxygen atoms in total. The van der Waals surface area contributed by atoms with Gasteiger partial charge in [-0.25, -0.2) is 4.39 Å². The fourth-order valence-electron chi connectivity index (χ4n) is 2.65. The smallest absolute Gasteiger partial charge is 0.141 e. The summed E-state index contributed by atoms with van der Waals surface area (Å²) in [6.07, 6.45) is 0.615. The van der Waals surface area contributed by atoms with Crippen LogP contribution in [0.25, 0.3) is 0 Å². The SMILES string of the molecule is [B]CC1(CNc2ccc(Nc3ccc(F)c(Cl)c3)cc2C)COC1. The van der Waals surface area contributed by atoms with Crippen LogP contribution >= 0.6 is 11.6 Å². The number of halogens is 2. The molecule has 3 rings (SSSR count). The minimum Gasteiger partial charge on any atom is -0.384 e. The van der Waals surface area contributed by atoms with Crippen molar-refractivity contribution in [3.63, 3.8) is 0 Å². The second-order valence-electron chi connectivity index (χ2n) is 6.33. The largest absolute Gasteiger partial charge is 0.384 e. The average Bonchev–Trinajstić information content (AvgIpc) is 2.52. The van der Waals surface area contributed by atoms with Crippen molar-refractivity contribution in [2.45, 2.75) is 13.2 Å². The van der Waals surface area contributed by atoms with Crippen molar-refractivity contribution in [2.75, 3.05) is 30.4 Å². The minimum atomic E-state index is -0.424. The van der Waals surface area contributed by atoms with E-state index in [0.717, 1.165) is 29.2 Å². The van der Waals surface area contributed by atoms with Crippen LogP contribution in [0.15, 0.2) is 36.4 Å². The molecular formula is C18H19BClFN2O. The second kappa shape index (κ2) is 7.03. The van der Waals surface area contributed by atoms with E-state index in [2.05, 4.69) is 10.6 Å². The van der Waals surface area contributed by atoms with Crippen molar-refractivity contribution in [1.29, 1.82) is 0 Å². The van der Waals surface area contributed by atoms with Gasteiger partial charge in [0.05, 0.1) is 26.1 Å². The van der Waals surface area contributed by atoms with E-state index >= 15 is 0 Å². The Morgan fingerprint density at radius 2 is 1.92 bits per heavy atom. The van der Waals surface area contributed by atoms with Crippen LogP contribution in [0.2, 0.25) is 11.3 Å². The predicted octanol–water partition coefficient (Wildman–Crippen LogP) is 4.55. The number of anilines is 3. The molecular weight excluding hydrogens is 325 g/mol. The van der Waals surface area contributed by atoms with Gasteiger partial charge in [-0.15, -0.1) is 0 Å². The van der Waals surface area contributed by atoms with Crippen LogP contribution in [-0.2, 0) is 4.74 Å². The number of nitrogens with one attached hydrogen (secondary N) is 2. The fraction of sp³-hybridized carbons (Fsp3) is 0.333. The van der Waals surface area contributed by atoms with Gasteiger partial charge in [0.1, 0.15) is 5.82 Å². The standard InChI is InChI=1S/C18H19BClFN2O/c1-12-6-13(23-14-2-4-16(21)15(20)7-14)3-5-17(12)22-9-18(8-19)10-24-11-18/h2-7,22-23H,8-11H2,1H3. The average molecular weight is 345 g/mol. The third kappa shape index (κ3) is 3.68. The van der Waals surface area contributed by atoms with Crippen molar-refractivity contribution < 1.29 is 9.13 Å². The van der Waals surface area contributed by atoms with E-state index in [1.165, 1.54) is 6.07 Å². The number of benzene rings is 2. The molecule has 0 saturated carbocycles. The summed E-state index contributed by atoms with van der Waals surface area (Å²) < 4.78 is 18.5. The van der Waals surface area contributed by atoms with Gasteiger partial charge >= 0.3 is 0 Å². The number of hydrogen-bond donors (Lipinski definition) is 2. The van der Waals surface area contributed by atoms with Gasteiger partial charge in [0.15, 0.2) is 0 Å². The van der Waals surface area contributed by atoms with E-state index < -0.39 is 5.82 Å². The summed E-state index contributed by atoms with van der Waals surface area (Å²) in [5.74, 6) is -0.424. The summed E-state index contributed by atoms with van der Waals surface area (Å²) in [5.41, 5.74) is 3.89. The van der Waals surface area contributed by atoms with E-state index in [0.29, 0.717) is 19.5 Å². The molecule has 0 bridgehead atoms. The zero-order valence-corrected chi connectivity index (χ0v) is 14.3. The Morgan fingerprint density at radius 3 is 2.50 bits per heavy atom. The Bertz CT molecular complexity index is 731. The van der Waals surface area contributed by atoms with Crippen molar-refractivity contribution in [3.05, 3.63) is 52.8 Å². The van der Waals surface area contributed by atoms with Gasteiger partial charge in [-0.1, -0.05) is 17.9 Å². The monoisotopic (exact) mass is 344 g/mol. The van der Waals surface area contributed by atoms with Crippen molar-refractivity contribution in [1.82, 2.24) is 0 Å². The summed E-state index contributed by atoms with van der Waals surface area (Å²) in [6, 6.07) is 10.6. The second-order valence-corrected chi connectivity index (χ2v) is 6.74. The van der Waals surface area contributed by atoms with E-state index in [-0.39, 0.29) is 10.4 Å². The van der Waals surface area contributed by atoms with Gasteiger partial charge in [-0.2, -0.15) is 0 Å². The van der Waals surface area contributed by atoms with Crippen LogP contribution in [0.4, 0.5) is 21.5 Å². The number of ether oxygens (including phenoxy) is 1. The Hall–Kier alpha value is -1.72. The highest BCUT2D eigenvalue weighted by Crippen LogP contribution is 2.32. The van der Waals surface area contributed by atoms with Crippen LogP contribution < -0.4 is 10.6 Å². The van der Waals surface area contributed by atoms with Crippen LogP contribution in [0.5, 0.6) is 0 Å². The van der Waals surface area contributed by atoms with Gasteiger partial charge in [0.2, 0.25) is 0 Å². The lowest BCUT2D eigenvalue weighted by Gasteiger charge is -2.41. The molecule has 2 N–H and O–H groups in total. The van der Waals surface area contributed by atoms with Gasteiger partial charge in [-0.3, -0.25) is 0 Å². The summed E-state index contributed by atoms with van der Waals surface area (Å²) in [5, 5.41) is 6.78. The summed E-state index contributed by atoms with van der Waals surface area (Å²) in [4.78, 5) is 0. The Kier molecular flexibility index (Phi) is 5.02. The molecule has 124 valence electrons. The van der Waals surface area contributed by atoms with E-state index in [9.17, 15) is 4.39 Å². The highest BCUT2D eigenvalue weighted by molar-refractivity contribution is 6.31. The minimum absolute atomic E-state index is 0.0498. The first kappa shape index (κ1) is 17.1. The first-order valence-corrected chi connectivity index (χ1v) is 8.24. The van der Waals surface area contributed by atoms with E-state index in [1.807, 2.05) is 25.1 Å². The molecule has 0 spiro atoms. The molecule has 2 radical (unpaired) electrons. The fourth-order valence-corrected chi connectivity index (χ4v) is 2.83. The summed E-state index contributed by atoms with van der Waals surface area (Å²) in [7, 11) is 5.84. The third-order valence-electron chi connectivity index (χ3n) is 4.34. The maximum absolute atomic E-state index is 13.2. The van der Waals surface area contributed by atoms with Gasteiger partial charge in [0.25, 0.3) is 0 Å². The molecule has 2 aromatic carbocycles. The number of rotatable bonds is 6. The quantitative estimate of drug-likeness (QED) is 0.754. The van der Waals surface area contributed by atoms with E-state index in [4.69, 9.17) is 24.2 Å². The van der Waals surface area contributed by atoms with Gasteiger partial charge < -0.3 is 15.4 Å². The lowest BCUT2D eigenvalue weighted by Crippen LogP contribution is -2.47. The highest BCUT2D eigenvalue weighted by Gasteiger charge is 2.36.